The highest BCUT2D eigenvalue weighted by Gasteiger charge is 2.21. The lowest BCUT2D eigenvalue weighted by Gasteiger charge is -2.15. The number of anilines is 1. The lowest BCUT2D eigenvalue weighted by Crippen LogP contribution is -2.23. The Balaban J connectivity index is 1.70. The van der Waals surface area contributed by atoms with E-state index in [2.05, 4.69) is 29.4 Å². The Morgan fingerprint density at radius 1 is 1.10 bits per heavy atom. The second-order valence-corrected chi connectivity index (χ2v) is 9.28. The number of nitrogens with zero attached hydrogens (tertiary/aromatic N) is 3. The molecule has 0 aliphatic rings. The molecule has 1 heterocycles. The normalized spacial score (nSPS) is 12.0. The SMILES string of the molecule is CC(C)CCn1c(COc2ccccc2)nnc1SC(C)C(=O)Nc1ccccc1Cl. The minimum Gasteiger partial charge on any atom is -0.486 e. The van der Waals surface area contributed by atoms with Crippen molar-refractivity contribution >= 4 is 35.0 Å². The first-order chi connectivity index (χ1) is 14.9. The number of aromatic nitrogens is 3. The first-order valence-corrected chi connectivity index (χ1v) is 11.5. The Bertz CT molecular complexity index is 994. The largest absolute Gasteiger partial charge is 0.486 e. The van der Waals surface area contributed by atoms with Gasteiger partial charge in [-0.25, -0.2) is 0 Å². The number of amides is 1. The van der Waals surface area contributed by atoms with Gasteiger partial charge in [-0.2, -0.15) is 0 Å². The van der Waals surface area contributed by atoms with Crippen molar-refractivity contribution in [1.29, 1.82) is 0 Å². The van der Waals surface area contributed by atoms with Crippen LogP contribution in [0.15, 0.2) is 59.8 Å². The number of hydrogen-bond acceptors (Lipinski definition) is 5. The first kappa shape index (κ1) is 23.2. The molecule has 1 amide bonds. The highest BCUT2D eigenvalue weighted by molar-refractivity contribution is 8.00. The molecule has 8 heteroatoms. The van der Waals surface area contributed by atoms with E-state index in [1.165, 1.54) is 11.8 Å². The second kappa shape index (κ2) is 11.2. The number of carbonyl (C=O) groups excluding carboxylic acids is 1. The van der Waals surface area contributed by atoms with Gasteiger partial charge in [0.2, 0.25) is 5.91 Å². The maximum atomic E-state index is 12.7. The summed E-state index contributed by atoms with van der Waals surface area (Å²) < 4.78 is 7.92. The standard InChI is InChI=1S/C23H27ClN4O2S/c1-16(2)13-14-28-21(15-30-18-9-5-4-6-10-18)26-27-23(28)31-17(3)22(29)25-20-12-8-7-11-19(20)24/h4-12,16-17H,13-15H2,1-3H3,(H,25,29). The van der Waals surface area contributed by atoms with E-state index >= 15 is 0 Å². The summed E-state index contributed by atoms with van der Waals surface area (Å²) in [5.41, 5.74) is 0.597. The summed E-state index contributed by atoms with van der Waals surface area (Å²) in [7, 11) is 0. The Morgan fingerprint density at radius 3 is 2.52 bits per heavy atom. The number of ether oxygens (including phenoxy) is 1. The van der Waals surface area contributed by atoms with Crippen LogP contribution in [-0.4, -0.2) is 25.9 Å². The van der Waals surface area contributed by atoms with Crippen LogP contribution >= 0.6 is 23.4 Å². The molecule has 0 fully saturated rings. The van der Waals surface area contributed by atoms with Crippen molar-refractivity contribution in [3.05, 3.63) is 65.4 Å². The predicted molar refractivity (Wildman–Crippen MR) is 126 cm³/mol. The molecule has 6 nitrogen and oxygen atoms in total. The van der Waals surface area contributed by atoms with Gasteiger partial charge in [-0.3, -0.25) is 4.79 Å². The van der Waals surface area contributed by atoms with Crippen LogP contribution in [0.4, 0.5) is 5.69 Å². The molecule has 1 N–H and O–H groups in total. The van der Waals surface area contributed by atoms with Gasteiger partial charge in [0.25, 0.3) is 0 Å². The lowest BCUT2D eigenvalue weighted by atomic mass is 10.1. The van der Waals surface area contributed by atoms with E-state index in [0.717, 1.165) is 24.5 Å². The average molecular weight is 459 g/mol. The minimum absolute atomic E-state index is 0.140. The van der Waals surface area contributed by atoms with Crippen LogP contribution in [0, 0.1) is 5.92 Å². The highest BCUT2D eigenvalue weighted by Crippen LogP contribution is 2.26. The highest BCUT2D eigenvalue weighted by atomic mass is 35.5. The molecule has 0 bridgehead atoms. The van der Waals surface area contributed by atoms with E-state index in [9.17, 15) is 4.79 Å². The number of halogens is 1. The van der Waals surface area contributed by atoms with Crippen LogP contribution in [0.25, 0.3) is 0 Å². The van der Waals surface area contributed by atoms with Gasteiger partial charge in [0, 0.05) is 6.54 Å². The van der Waals surface area contributed by atoms with Crippen molar-refractivity contribution in [1.82, 2.24) is 14.8 Å². The quantitative estimate of drug-likeness (QED) is 0.396. The van der Waals surface area contributed by atoms with Crippen molar-refractivity contribution in [2.75, 3.05) is 5.32 Å². The Hall–Kier alpha value is -2.51. The van der Waals surface area contributed by atoms with E-state index in [0.29, 0.717) is 28.4 Å². The van der Waals surface area contributed by atoms with Gasteiger partial charge in [-0.15, -0.1) is 10.2 Å². The van der Waals surface area contributed by atoms with E-state index in [1.807, 2.05) is 54.0 Å². The van der Waals surface area contributed by atoms with Gasteiger partial charge in [0.1, 0.15) is 12.4 Å². The monoisotopic (exact) mass is 458 g/mol. The zero-order valence-electron chi connectivity index (χ0n) is 17.9. The van der Waals surface area contributed by atoms with Crippen molar-refractivity contribution in [3.8, 4) is 5.75 Å². The molecule has 31 heavy (non-hydrogen) atoms. The molecule has 164 valence electrons. The van der Waals surface area contributed by atoms with Crippen LogP contribution in [-0.2, 0) is 17.9 Å². The number of nitrogens with one attached hydrogen (secondary N) is 1. The fraction of sp³-hybridized carbons (Fsp3) is 0.348. The number of carbonyl (C=O) groups is 1. The first-order valence-electron chi connectivity index (χ1n) is 10.3. The van der Waals surface area contributed by atoms with Crippen LogP contribution in [0.2, 0.25) is 5.02 Å². The molecule has 1 atom stereocenters. The van der Waals surface area contributed by atoms with Gasteiger partial charge in [0.15, 0.2) is 11.0 Å². The van der Waals surface area contributed by atoms with Gasteiger partial charge in [0.05, 0.1) is 16.0 Å². The third-order valence-corrected chi connectivity index (χ3v) is 6.03. The van der Waals surface area contributed by atoms with Gasteiger partial charge < -0.3 is 14.6 Å². The predicted octanol–water partition coefficient (Wildman–Crippen LogP) is 5.68. The summed E-state index contributed by atoms with van der Waals surface area (Å²) in [5, 5.41) is 12.4. The summed E-state index contributed by atoms with van der Waals surface area (Å²) in [6.07, 6.45) is 0.976. The molecule has 0 spiro atoms. The molecule has 0 saturated heterocycles. The van der Waals surface area contributed by atoms with E-state index in [4.69, 9.17) is 16.3 Å². The van der Waals surface area contributed by atoms with Crippen LogP contribution < -0.4 is 10.1 Å². The van der Waals surface area contributed by atoms with Crippen molar-refractivity contribution in [2.24, 2.45) is 5.92 Å². The Morgan fingerprint density at radius 2 is 1.81 bits per heavy atom. The molecule has 0 saturated carbocycles. The summed E-state index contributed by atoms with van der Waals surface area (Å²) in [6, 6.07) is 16.8. The molecular weight excluding hydrogens is 432 g/mol. The number of benzene rings is 2. The molecular formula is C23H27ClN4O2S. The molecule has 3 aromatic rings. The zero-order chi connectivity index (χ0) is 22.2. The third kappa shape index (κ3) is 6.74. The number of thioether (sulfide) groups is 1. The molecule has 2 aromatic carbocycles. The number of para-hydroxylation sites is 2. The molecule has 0 aliphatic heterocycles. The van der Waals surface area contributed by atoms with Crippen LogP contribution in [0.5, 0.6) is 5.75 Å². The topological polar surface area (TPSA) is 69.0 Å². The summed E-state index contributed by atoms with van der Waals surface area (Å²) in [4.78, 5) is 12.7. The van der Waals surface area contributed by atoms with Crippen molar-refractivity contribution in [2.45, 2.75) is 50.8 Å². The maximum Gasteiger partial charge on any atom is 0.237 e. The van der Waals surface area contributed by atoms with Crippen LogP contribution in [0.1, 0.15) is 33.0 Å². The smallest absolute Gasteiger partial charge is 0.237 e. The third-order valence-electron chi connectivity index (χ3n) is 4.62. The molecule has 1 unspecified atom stereocenters. The molecule has 3 rings (SSSR count). The van der Waals surface area contributed by atoms with E-state index < -0.39 is 0 Å². The molecule has 1 aromatic heterocycles. The zero-order valence-corrected chi connectivity index (χ0v) is 19.5. The van der Waals surface area contributed by atoms with Crippen molar-refractivity contribution < 1.29 is 9.53 Å². The molecule has 0 radical (unpaired) electrons. The summed E-state index contributed by atoms with van der Waals surface area (Å²) >= 11 is 7.53. The lowest BCUT2D eigenvalue weighted by molar-refractivity contribution is -0.115. The van der Waals surface area contributed by atoms with E-state index in [-0.39, 0.29) is 11.2 Å². The summed E-state index contributed by atoms with van der Waals surface area (Å²) in [6.45, 7) is 7.28. The van der Waals surface area contributed by atoms with Gasteiger partial charge in [-0.05, 0) is 43.5 Å². The van der Waals surface area contributed by atoms with Gasteiger partial charge >= 0.3 is 0 Å². The Kier molecular flexibility index (Phi) is 8.37. The maximum absolute atomic E-state index is 12.7. The minimum atomic E-state index is -0.374. The Labute approximate surface area is 192 Å². The fourth-order valence-electron chi connectivity index (χ4n) is 2.80. The van der Waals surface area contributed by atoms with Gasteiger partial charge in [-0.1, -0.05) is 67.5 Å². The average Bonchev–Trinajstić information content (AvgIpc) is 3.14. The van der Waals surface area contributed by atoms with Crippen LogP contribution in [0.3, 0.4) is 0 Å². The number of rotatable bonds is 10. The molecule has 0 aliphatic carbocycles. The summed E-state index contributed by atoms with van der Waals surface area (Å²) in [5.74, 6) is 1.91. The second-order valence-electron chi connectivity index (χ2n) is 7.56. The van der Waals surface area contributed by atoms with Crippen molar-refractivity contribution in [3.63, 3.8) is 0 Å². The van der Waals surface area contributed by atoms with E-state index in [1.54, 1.807) is 12.1 Å². The fourth-order valence-corrected chi connectivity index (χ4v) is 3.88. The number of hydrogen-bond donors (Lipinski definition) is 1.